The number of benzene rings is 1. The summed E-state index contributed by atoms with van der Waals surface area (Å²) in [6, 6.07) is 10.9. The van der Waals surface area contributed by atoms with E-state index in [2.05, 4.69) is 59.0 Å². The zero-order chi connectivity index (χ0) is 9.97. The molecular weight excluding hydrogens is 299 g/mol. The Morgan fingerprint density at radius 3 is 2.40 bits per heavy atom. The standard InChI is InChI=1S/C12H15N2.HI/c1-11(12-6-4-3-5-7-12)14-9-8-13(2)10-14;/h3-11H,1-2H3;1H/q+1;/p-1/t11-;/m1./s1. The molecule has 2 aromatic rings. The fraction of sp³-hybridized carbons (Fsp3) is 0.250. The van der Waals surface area contributed by atoms with E-state index in [4.69, 9.17) is 0 Å². The number of rotatable bonds is 2. The third-order valence-electron chi connectivity index (χ3n) is 2.52. The van der Waals surface area contributed by atoms with E-state index in [1.165, 1.54) is 5.56 Å². The SMILES string of the molecule is C[C@H](c1ccccc1)n1cc[n+](C)c1.[I-]. The summed E-state index contributed by atoms with van der Waals surface area (Å²) in [4.78, 5) is 0. The Labute approximate surface area is 108 Å². The second kappa shape index (κ2) is 5.30. The monoisotopic (exact) mass is 314 g/mol. The van der Waals surface area contributed by atoms with E-state index in [0.29, 0.717) is 6.04 Å². The fourth-order valence-corrected chi connectivity index (χ4v) is 1.60. The summed E-state index contributed by atoms with van der Waals surface area (Å²) >= 11 is 0. The van der Waals surface area contributed by atoms with Gasteiger partial charge in [0.05, 0.1) is 7.05 Å². The van der Waals surface area contributed by atoms with E-state index in [0.717, 1.165) is 0 Å². The molecule has 0 aliphatic rings. The summed E-state index contributed by atoms with van der Waals surface area (Å²) < 4.78 is 4.26. The van der Waals surface area contributed by atoms with Gasteiger partial charge in [-0.1, -0.05) is 30.3 Å². The average Bonchev–Trinajstić information content (AvgIpc) is 2.65. The van der Waals surface area contributed by atoms with Crippen LogP contribution in [0.2, 0.25) is 0 Å². The molecule has 1 atom stereocenters. The highest BCUT2D eigenvalue weighted by atomic mass is 127. The predicted octanol–water partition coefficient (Wildman–Crippen LogP) is -1.07. The van der Waals surface area contributed by atoms with Crippen LogP contribution in [0.25, 0.3) is 0 Å². The summed E-state index contributed by atoms with van der Waals surface area (Å²) in [6.45, 7) is 2.20. The van der Waals surface area contributed by atoms with Gasteiger partial charge < -0.3 is 24.0 Å². The number of halogens is 1. The first-order valence-corrected chi connectivity index (χ1v) is 4.85. The van der Waals surface area contributed by atoms with Crippen molar-refractivity contribution < 1.29 is 28.5 Å². The van der Waals surface area contributed by atoms with Crippen molar-refractivity contribution in [3.63, 3.8) is 0 Å². The van der Waals surface area contributed by atoms with Crippen LogP contribution in [0.15, 0.2) is 49.1 Å². The number of hydrogen-bond acceptors (Lipinski definition) is 0. The Balaban J connectivity index is 0.00000112. The predicted molar refractivity (Wildman–Crippen MR) is 55.9 cm³/mol. The molecule has 0 aliphatic heterocycles. The van der Waals surface area contributed by atoms with Gasteiger partial charge in [-0.2, -0.15) is 0 Å². The molecule has 2 rings (SSSR count). The molecule has 2 nitrogen and oxygen atoms in total. The molecular formula is C12H15IN2. The molecule has 15 heavy (non-hydrogen) atoms. The van der Waals surface area contributed by atoms with Gasteiger partial charge >= 0.3 is 0 Å². The number of aromatic nitrogens is 2. The minimum atomic E-state index is 0. The molecule has 0 bridgehead atoms. The molecule has 0 amide bonds. The highest BCUT2D eigenvalue weighted by Gasteiger charge is 2.11. The first kappa shape index (κ1) is 12.2. The van der Waals surface area contributed by atoms with E-state index in [9.17, 15) is 0 Å². The van der Waals surface area contributed by atoms with Gasteiger partial charge in [0.1, 0.15) is 18.4 Å². The highest BCUT2D eigenvalue weighted by Crippen LogP contribution is 2.15. The Morgan fingerprint density at radius 2 is 1.87 bits per heavy atom. The molecule has 0 unspecified atom stereocenters. The lowest BCUT2D eigenvalue weighted by Crippen LogP contribution is -3.00. The first-order valence-electron chi connectivity index (χ1n) is 4.85. The smallest absolute Gasteiger partial charge is 0.244 e. The van der Waals surface area contributed by atoms with Crippen LogP contribution < -0.4 is 28.5 Å². The second-order valence-corrected chi connectivity index (χ2v) is 3.61. The molecule has 0 saturated carbocycles. The third kappa shape index (κ3) is 2.81. The van der Waals surface area contributed by atoms with Crippen molar-refractivity contribution in [2.75, 3.05) is 0 Å². The molecule has 3 heteroatoms. The third-order valence-corrected chi connectivity index (χ3v) is 2.52. The number of hydrogen-bond donors (Lipinski definition) is 0. The Morgan fingerprint density at radius 1 is 1.20 bits per heavy atom. The van der Waals surface area contributed by atoms with Crippen molar-refractivity contribution in [3.8, 4) is 0 Å². The zero-order valence-electron chi connectivity index (χ0n) is 8.97. The van der Waals surface area contributed by atoms with Gasteiger partial charge in [-0.05, 0) is 12.5 Å². The second-order valence-electron chi connectivity index (χ2n) is 3.61. The van der Waals surface area contributed by atoms with Crippen molar-refractivity contribution in [1.82, 2.24) is 4.57 Å². The van der Waals surface area contributed by atoms with Gasteiger partial charge in [0, 0.05) is 0 Å². The summed E-state index contributed by atoms with van der Waals surface area (Å²) in [7, 11) is 2.04. The largest absolute Gasteiger partial charge is 1.00 e. The van der Waals surface area contributed by atoms with E-state index in [1.807, 2.05) is 13.1 Å². The van der Waals surface area contributed by atoms with Gasteiger partial charge in [-0.25, -0.2) is 9.13 Å². The summed E-state index contributed by atoms with van der Waals surface area (Å²) in [6.07, 6.45) is 6.24. The number of aryl methyl sites for hydroxylation is 1. The van der Waals surface area contributed by atoms with Gasteiger partial charge in [-0.3, -0.25) is 0 Å². The van der Waals surface area contributed by atoms with Crippen LogP contribution in [0, 0.1) is 0 Å². The summed E-state index contributed by atoms with van der Waals surface area (Å²) in [5.74, 6) is 0. The number of imidazole rings is 1. The van der Waals surface area contributed by atoms with E-state index >= 15 is 0 Å². The van der Waals surface area contributed by atoms with Crippen LogP contribution >= 0.6 is 0 Å². The Kier molecular flexibility index (Phi) is 4.32. The van der Waals surface area contributed by atoms with Crippen molar-refractivity contribution in [2.24, 2.45) is 7.05 Å². The normalized spacial score (nSPS) is 11.9. The average molecular weight is 314 g/mol. The maximum Gasteiger partial charge on any atom is 0.244 e. The lowest BCUT2D eigenvalue weighted by molar-refractivity contribution is -0.671. The minimum absolute atomic E-state index is 0. The van der Waals surface area contributed by atoms with Crippen LogP contribution in [0.5, 0.6) is 0 Å². The van der Waals surface area contributed by atoms with Gasteiger partial charge in [0.2, 0.25) is 6.33 Å². The fourth-order valence-electron chi connectivity index (χ4n) is 1.60. The van der Waals surface area contributed by atoms with Gasteiger partial charge in [0.15, 0.2) is 0 Å². The molecule has 0 N–H and O–H groups in total. The van der Waals surface area contributed by atoms with Crippen molar-refractivity contribution in [3.05, 3.63) is 54.6 Å². The number of nitrogens with zero attached hydrogens (tertiary/aromatic N) is 2. The van der Waals surface area contributed by atoms with Crippen LogP contribution in [-0.4, -0.2) is 4.57 Å². The lowest BCUT2D eigenvalue weighted by Gasteiger charge is -2.07. The maximum absolute atomic E-state index is 2.20. The van der Waals surface area contributed by atoms with Crippen molar-refractivity contribution >= 4 is 0 Å². The molecule has 0 radical (unpaired) electrons. The van der Waals surface area contributed by atoms with Crippen molar-refractivity contribution in [1.29, 1.82) is 0 Å². The molecule has 0 saturated heterocycles. The minimum Gasteiger partial charge on any atom is -1.00 e. The van der Waals surface area contributed by atoms with E-state index < -0.39 is 0 Å². The van der Waals surface area contributed by atoms with E-state index in [1.54, 1.807) is 0 Å². The van der Waals surface area contributed by atoms with Gasteiger partial charge in [-0.15, -0.1) is 0 Å². The highest BCUT2D eigenvalue weighted by molar-refractivity contribution is 5.18. The quantitative estimate of drug-likeness (QED) is 0.493. The van der Waals surface area contributed by atoms with E-state index in [-0.39, 0.29) is 24.0 Å². The first-order chi connectivity index (χ1) is 6.77. The summed E-state index contributed by atoms with van der Waals surface area (Å²) in [5, 5.41) is 0. The lowest BCUT2D eigenvalue weighted by atomic mass is 10.1. The molecule has 0 aliphatic carbocycles. The Bertz CT molecular complexity index is 409. The molecule has 80 valence electrons. The maximum atomic E-state index is 2.20. The molecule has 0 spiro atoms. The summed E-state index contributed by atoms with van der Waals surface area (Å²) in [5.41, 5.74) is 1.34. The molecule has 1 aromatic carbocycles. The Hall–Kier alpha value is -0.840. The van der Waals surface area contributed by atoms with Crippen LogP contribution in [0.1, 0.15) is 18.5 Å². The van der Waals surface area contributed by atoms with Crippen LogP contribution in [0.4, 0.5) is 0 Å². The topological polar surface area (TPSA) is 8.81 Å². The van der Waals surface area contributed by atoms with Crippen LogP contribution in [0.3, 0.4) is 0 Å². The molecule has 1 aromatic heterocycles. The van der Waals surface area contributed by atoms with Crippen LogP contribution in [-0.2, 0) is 7.05 Å². The van der Waals surface area contributed by atoms with Crippen molar-refractivity contribution in [2.45, 2.75) is 13.0 Å². The molecule has 1 heterocycles. The molecule has 0 fully saturated rings. The zero-order valence-corrected chi connectivity index (χ0v) is 11.1. The van der Waals surface area contributed by atoms with Gasteiger partial charge in [0.25, 0.3) is 0 Å².